The third-order valence-electron chi connectivity index (χ3n) is 4.10. The van der Waals surface area contributed by atoms with Crippen molar-refractivity contribution in [2.75, 3.05) is 19.5 Å². The number of hydrogen-bond donors (Lipinski definition) is 1. The van der Waals surface area contributed by atoms with Gasteiger partial charge in [-0.1, -0.05) is 36.4 Å². The zero-order chi connectivity index (χ0) is 18.5. The van der Waals surface area contributed by atoms with Gasteiger partial charge in [0.15, 0.2) is 0 Å². The van der Waals surface area contributed by atoms with E-state index >= 15 is 0 Å². The second kappa shape index (κ2) is 7.70. The normalized spacial score (nSPS) is 10.3. The predicted octanol–water partition coefficient (Wildman–Crippen LogP) is 4.33. The van der Waals surface area contributed by atoms with Gasteiger partial charge in [-0.25, -0.2) is 0 Å². The molecule has 0 saturated heterocycles. The summed E-state index contributed by atoms with van der Waals surface area (Å²) >= 11 is 0. The van der Waals surface area contributed by atoms with E-state index in [1.165, 1.54) is 14.2 Å². The summed E-state index contributed by atoms with van der Waals surface area (Å²) in [6.45, 7) is 1.85. The number of hydrogen-bond acceptors (Lipinski definition) is 4. The minimum atomic E-state index is -0.311. The first-order valence-electron chi connectivity index (χ1n) is 8.18. The van der Waals surface area contributed by atoms with Crippen LogP contribution in [0.5, 0.6) is 11.5 Å². The monoisotopic (exact) mass is 348 g/mol. The number of aryl methyl sites for hydroxylation is 1. The molecule has 0 aliphatic rings. The summed E-state index contributed by atoms with van der Waals surface area (Å²) in [5.41, 5.74) is 3.68. The van der Waals surface area contributed by atoms with Crippen LogP contribution >= 0.6 is 0 Å². The second-order valence-electron chi connectivity index (χ2n) is 5.71. The molecule has 1 amide bonds. The third kappa shape index (κ3) is 3.52. The minimum Gasteiger partial charge on any atom is -0.496 e. The highest BCUT2D eigenvalue weighted by Crippen LogP contribution is 2.30. The van der Waals surface area contributed by atoms with Gasteiger partial charge in [0, 0.05) is 11.8 Å². The van der Waals surface area contributed by atoms with Gasteiger partial charge in [0.1, 0.15) is 17.1 Å². The molecule has 1 heterocycles. The average Bonchev–Trinajstić information content (AvgIpc) is 2.69. The third-order valence-corrected chi connectivity index (χ3v) is 4.10. The van der Waals surface area contributed by atoms with Gasteiger partial charge in [-0.3, -0.25) is 9.78 Å². The highest BCUT2D eigenvalue weighted by molar-refractivity contribution is 6.08. The summed E-state index contributed by atoms with van der Waals surface area (Å²) in [6, 6.07) is 17.0. The molecule has 0 spiro atoms. The van der Waals surface area contributed by atoms with Gasteiger partial charge < -0.3 is 14.8 Å². The molecular formula is C21H20N2O3. The van der Waals surface area contributed by atoms with Crippen molar-refractivity contribution in [1.82, 2.24) is 4.98 Å². The molecule has 5 nitrogen and oxygen atoms in total. The SMILES string of the molecule is COc1cccc(OC)c1C(=O)Nc1cc(-c2ccccc2)cnc1C. The standard InChI is InChI=1S/C21H20N2O3/c1-14-17(12-16(13-22-14)15-8-5-4-6-9-15)23-21(24)20-18(25-2)10-7-11-19(20)26-3/h4-13H,1-3H3,(H,23,24). The largest absolute Gasteiger partial charge is 0.496 e. The molecule has 2 aromatic carbocycles. The quantitative estimate of drug-likeness (QED) is 0.746. The molecule has 1 N–H and O–H groups in total. The van der Waals surface area contributed by atoms with Crippen LogP contribution in [0.4, 0.5) is 5.69 Å². The molecule has 1 aromatic heterocycles. The molecule has 0 atom stereocenters. The zero-order valence-electron chi connectivity index (χ0n) is 14.9. The van der Waals surface area contributed by atoms with Gasteiger partial charge in [0.05, 0.1) is 25.6 Å². The maximum atomic E-state index is 12.9. The van der Waals surface area contributed by atoms with E-state index in [2.05, 4.69) is 10.3 Å². The van der Waals surface area contributed by atoms with Crippen molar-refractivity contribution in [2.45, 2.75) is 6.92 Å². The number of anilines is 1. The van der Waals surface area contributed by atoms with Gasteiger partial charge in [-0.15, -0.1) is 0 Å². The van der Waals surface area contributed by atoms with E-state index in [0.29, 0.717) is 22.7 Å². The van der Waals surface area contributed by atoms with E-state index in [0.717, 1.165) is 16.8 Å². The lowest BCUT2D eigenvalue weighted by Crippen LogP contribution is -2.15. The number of methoxy groups -OCH3 is 2. The van der Waals surface area contributed by atoms with Crippen molar-refractivity contribution in [3.05, 3.63) is 72.1 Å². The lowest BCUT2D eigenvalue weighted by atomic mass is 10.1. The Morgan fingerprint density at radius 1 is 0.923 bits per heavy atom. The van der Waals surface area contributed by atoms with E-state index in [-0.39, 0.29) is 5.91 Å². The molecule has 0 aliphatic carbocycles. The Hall–Kier alpha value is -3.34. The van der Waals surface area contributed by atoms with Crippen LogP contribution in [-0.4, -0.2) is 25.1 Å². The van der Waals surface area contributed by atoms with Gasteiger partial charge >= 0.3 is 0 Å². The van der Waals surface area contributed by atoms with Gasteiger partial charge in [0.25, 0.3) is 5.91 Å². The van der Waals surface area contributed by atoms with Crippen LogP contribution < -0.4 is 14.8 Å². The number of carbonyl (C=O) groups excluding carboxylic acids is 1. The smallest absolute Gasteiger partial charge is 0.263 e. The fraction of sp³-hybridized carbons (Fsp3) is 0.143. The summed E-state index contributed by atoms with van der Waals surface area (Å²) in [6.07, 6.45) is 1.80. The Morgan fingerprint density at radius 2 is 1.58 bits per heavy atom. The van der Waals surface area contributed by atoms with Crippen molar-refractivity contribution in [3.8, 4) is 22.6 Å². The number of pyridine rings is 1. The van der Waals surface area contributed by atoms with Crippen LogP contribution in [0.1, 0.15) is 16.1 Å². The van der Waals surface area contributed by atoms with Crippen LogP contribution in [0.3, 0.4) is 0 Å². The summed E-state index contributed by atoms with van der Waals surface area (Å²) in [7, 11) is 3.04. The van der Waals surface area contributed by atoms with E-state index in [4.69, 9.17) is 9.47 Å². The summed E-state index contributed by atoms with van der Waals surface area (Å²) in [5, 5.41) is 2.92. The molecule has 3 rings (SSSR count). The van der Waals surface area contributed by atoms with Crippen LogP contribution in [0.2, 0.25) is 0 Å². The van der Waals surface area contributed by atoms with Crippen molar-refractivity contribution in [1.29, 1.82) is 0 Å². The molecule has 0 unspecified atom stereocenters. The maximum Gasteiger partial charge on any atom is 0.263 e. The molecule has 132 valence electrons. The van der Waals surface area contributed by atoms with E-state index in [1.807, 2.05) is 43.3 Å². The zero-order valence-corrected chi connectivity index (χ0v) is 14.9. The minimum absolute atomic E-state index is 0.311. The summed E-state index contributed by atoms with van der Waals surface area (Å²) < 4.78 is 10.6. The number of amides is 1. The molecule has 0 radical (unpaired) electrons. The van der Waals surface area contributed by atoms with Gasteiger partial charge in [-0.2, -0.15) is 0 Å². The van der Waals surface area contributed by atoms with E-state index in [1.54, 1.807) is 24.4 Å². The molecule has 5 heteroatoms. The average molecular weight is 348 g/mol. The Labute approximate surface area is 152 Å². The Morgan fingerprint density at radius 3 is 2.19 bits per heavy atom. The summed E-state index contributed by atoms with van der Waals surface area (Å²) in [4.78, 5) is 17.3. The maximum absolute atomic E-state index is 12.9. The molecule has 26 heavy (non-hydrogen) atoms. The second-order valence-corrected chi connectivity index (χ2v) is 5.71. The molecular weight excluding hydrogens is 328 g/mol. The van der Waals surface area contributed by atoms with Crippen LogP contribution in [-0.2, 0) is 0 Å². The number of benzene rings is 2. The highest BCUT2D eigenvalue weighted by atomic mass is 16.5. The molecule has 3 aromatic rings. The Kier molecular flexibility index (Phi) is 5.17. The fourth-order valence-electron chi connectivity index (χ4n) is 2.71. The van der Waals surface area contributed by atoms with E-state index < -0.39 is 0 Å². The number of nitrogens with one attached hydrogen (secondary N) is 1. The van der Waals surface area contributed by atoms with Crippen molar-refractivity contribution >= 4 is 11.6 Å². The number of aromatic nitrogens is 1. The number of nitrogens with zero attached hydrogens (tertiary/aromatic N) is 1. The first kappa shape index (κ1) is 17.5. The lowest BCUT2D eigenvalue weighted by molar-refractivity contribution is 0.102. The molecule has 0 saturated carbocycles. The fourth-order valence-corrected chi connectivity index (χ4v) is 2.71. The predicted molar refractivity (Wildman–Crippen MR) is 102 cm³/mol. The topological polar surface area (TPSA) is 60.5 Å². The van der Waals surface area contributed by atoms with Crippen LogP contribution in [0, 0.1) is 6.92 Å². The molecule has 0 bridgehead atoms. The van der Waals surface area contributed by atoms with Crippen LogP contribution in [0.25, 0.3) is 11.1 Å². The van der Waals surface area contributed by atoms with Gasteiger partial charge in [0.2, 0.25) is 0 Å². The van der Waals surface area contributed by atoms with Gasteiger partial charge in [-0.05, 0) is 30.7 Å². The highest BCUT2D eigenvalue weighted by Gasteiger charge is 2.19. The first-order valence-corrected chi connectivity index (χ1v) is 8.18. The number of carbonyl (C=O) groups is 1. The Bertz CT molecular complexity index is 902. The van der Waals surface area contributed by atoms with Crippen LogP contribution in [0.15, 0.2) is 60.8 Å². The van der Waals surface area contributed by atoms with Crippen molar-refractivity contribution < 1.29 is 14.3 Å². The Balaban J connectivity index is 1.96. The van der Waals surface area contributed by atoms with Crippen molar-refractivity contribution in [2.24, 2.45) is 0 Å². The number of rotatable bonds is 5. The summed E-state index contributed by atoms with van der Waals surface area (Å²) in [5.74, 6) is 0.591. The van der Waals surface area contributed by atoms with Crippen molar-refractivity contribution in [3.63, 3.8) is 0 Å². The molecule has 0 aliphatic heterocycles. The molecule has 0 fully saturated rings. The lowest BCUT2D eigenvalue weighted by Gasteiger charge is -2.14. The number of ether oxygens (including phenoxy) is 2. The van der Waals surface area contributed by atoms with E-state index in [9.17, 15) is 4.79 Å². The first-order chi connectivity index (χ1) is 12.6.